The molecule has 0 aromatic heterocycles. The first kappa shape index (κ1) is 14.8. The zero-order chi connectivity index (χ0) is 14.2. The fraction of sp³-hybridized carbons (Fsp3) is 0.333. The Hall–Kier alpha value is -1.64. The Morgan fingerprint density at radius 2 is 1.00 bits per heavy atom. The molecule has 0 heterocycles. The molecular formula is C18H24N2. The maximum absolute atomic E-state index is 2.44. The zero-order valence-electron chi connectivity index (χ0n) is 12.5. The molecule has 0 aliphatic carbocycles. The lowest BCUT2D eigenvalue weighted by molar-refractivity contribution is -0.0327. The minimum absolute atomic E-state index is 0.956. The van der Waals surface area contributed by atoms with Crippen molar-refractivity contribution in [2.75, 3.05) is 13.1 Å². The third kappa shape index (κ3) is 4.19. The average Bonchev–Trinajstić information content (AvgIpc) is 2.50. The standard InChI is InChI=1S/C18H24N2/c1-3-19(4-2)20(15-17-11-7-5-8-12-17)16-18-13-9-6-10-14-18/h5-14H,3-4,15-16H2,1-2H3. The summed E-state index contributed by atoms with van der Waals surface area (Å²) in [6, 6.07) is 21.4. The molecule has 0 fully saturated rings. The Kier molecular flexibility index (Phi) is 5.78. The summed E-state index contributed by atoms with van der Waals surface area (Å²) >= 11 is 0. The summed E-state index contributed by atoms with van der Waals surface area (Å²) in [5.41, 5.74) is 2.71. The summed E-state index contributed by atoms with van der Waals surface area (Å²) < 4.78 is 0. The monoisotopic (exact) mass is 268 g/mol. The number of hydrazine groups is 1. The quantitative estimate of drug-likeness (QED) is 0.702. The lowest BCUT2D eigenvalue weighted by atomic mass is 10.2. The molecule has 0 spiro atoms. The van der Waals surface area contributed by atoms with Gasteiger partial charge in [-0.1, -0.05) is 74.5 Å². The molecule has 0 amide bonds. The van der Waals surface area contributed by atoms with E-state index in [1.165, 1.54) is 11.1 Å². The highest BCUT2D eigenvalue weighted by atomic mass is 15.6. The predicted octanol–water partition coefficient (Wildman–Crippen LogP) is 3.95. The molecule has 2 rings (SSSR count). The van der Waals surface area contributed by atoms with E-state index in [9.17, 15) is 0 Å². The smallest absolute Gasteiger partial charge is 0.0387 e. The summed E-state index contributed by atoms with van der Waals surface area (Å²) in [5.74, 6) is 0. The molecule has 106 valence electrons. The molecule has 0 saturated carbocycles. The van der Waals surface area contributed by atoms with Gasteiger partial charge in [0, 0.05) is 26.2 Å². The van der Waals surface area contributed by atoms with Gasteiger partial charge in [-0.05, 0) is 11.1 Å². The van der Waals surface area contributed by atoms with Gasteiger partial charge >= 0.3 is 0 Å². The van der Waals surface area contributed by atoms with Crippen LogP contribution in [0.5, 0.6) is 0 Å². The third-order valence-corrected chi connectivity index (χ3v) is 3.55. The van der Waals surface area contributed by atoms with Crippen molar-refractivity contribution in [1.29, 1.82) is 0 Å². The van der Waals surface area contributed by atoms with Gasteiger partial charge in [0.15, 0.2) is 0 Å². The van der Waals surface area contributed by atoms with Crippen molar-refractivity contribution in [2.45, 2.75) is 26.9 Å². The first-order valence-corrected chi connectivity index (χ1v) is 7.41. The Bertz CT molecular complexity index is 436. The van der Waals surface area contributed by atoms with Gasteiger partial charge in [-0.3, -0.25) is 0 Å². The van der Waals surface area contributed by atoms with Gasteiger partial charge in [-0.15, -0.1) is 0 Å². The van der Waals surface area contributed by atoms with Crippen molar-refractivity contribution in [3.63, 3.8) is 0 Å². The van der Waals surface area contributed by atoms with Crippen molar-refractivity contribution < 1.29 is 0 Å². The molecule has 0 radical (unpaired) electrons. The van der Waals surface area contributed by atoms with Crippen LogP contribution in [-0.2, 0) is 13.1 Å². The molecule has 0 N–H and O–H groups in total. The molecular weight excluding hydrogens is 244 g/mol. The molecule has 2 aromatic carbocycles. The number of hydrogen-bond donors (Lipinski definition) is 0. The van der Waals surface area contributed by atoms with E-state index in [1.807, 2.05) is 0 Å². The van der Waals surface area contributed by atoms with Gasteiger partial charge < -0.3 is 0 Å². The maximum atomic E-state index is 2.44. The van der Waals surface area contributed by atoms with Crippen LogP contribution in [0.2, 0.25) is 0 Å². The van der Waals surface area contributed by atoms with E-state index in [-0.39, 0.29) is 0 Å². The van der Waals surface area contributed by atoms with Gasteiger partial charge in [0.1, 0.15) is 0 Å². The summed E-state index contributed by atoms with van der Waals surface area (Å²) in [5, 5.41) is 4.84. The number of rotatable bonds is 7. The summed E-state index contributed by atoms with van der Waals surface area (Å²) in [4.78, 5) is 0. The van der Waals surface area contributed by atoms with Crippen LogP contribution in [0.1, 0.15) is 25.0 Å². The normalized spacial score (nSPS) is 11.2. The number of benzene rings is 2. The highest BCUT2D eigenvalue weighted by Crippen LogP contribution is 2.12. The second-order valence-corrected chi connectivity index (χ2v) is 4.93. The molecule has 2 heteroatoms. The SMILES string of the molecule is CCN(CC)N(Cc1ccccc1)Cc1ccccc1. The van der Waals surface area contributed by atoms with E-state index in [1.54, 1.807) is 0 Å². The fourth-order valence-electron chi connectivity index (χ4n) is 2.47. The van der Waals surface area contributed by atoms with Crippen LogP contribution >= 0.6 is 0 Å². The number of hydrogen-bond acceptors (Lipinski definition) is 2. The largest absolute Gasteiger partial charge is 0.242 e. The van der Waals surface area contributed by atoms with Crippen molar-refractivity contribution >= 4 is 0 Å². The first-order chi connectivity index (χ1) is 9.83. The third-order valence-electron chi connectivity index (χ3n) is 3.55. The molecule has 0 saturated heterocycles. The van der Waals surface area contributed by atoms with Crippen molar-refractivity contribution in [3.05, 3.63) is 71.8 Å². The van der Waals surface area contributed by atoms with E-state index in [2.05, 4.69) is 84.5 Å². The van der Waals surface area contributed by atoms with Gasteiger partial charge in [0.2, 0.25) is 0 Å². The average molecular weight is 268 g/mol. The summed E-state index contributed by atoms with van der Waals surface area (Å²) in [7, 11) is 0. The summed E-state index contributed by atoms with van der Waals surface area (Å²) in [6.07, 6.45) is 0. The van der Waals surface area contributed by atoms with Crippen molar-refractivity contribution in [3.8, 4) is 0 Å². The van der Waals surface area contributed by atoms with Gasteiger partial charge in [-0.2, -0.15) is 0 Å². The molecule has 2 nitrogen and oxygen atoms in total. The Balaban J connectivity index is 2.12. The lowest BCUT2D eigenvalue weighted by Gasteiger charge is -2.33. The van der Waals surface area contributed by atoms with E-state index in [4.69, 9.17) is 0 Å². The molecule has 0 aliphatic heterocycles. The summed E-state index contributed by atoms with van der Waals surface area (Å²) in [6.45, 7) is 8.42. The second kappa shape index (κ2) is 7.83. The molecule has 0 aliphatic rings. The zero-order valence-corrected chi connectivity index (χ0v) is 12.5. The van der Waals surface area contributed by atoms with Crippen LogP contribution in [0.15, 0.2) is 60.7 Å². The van der Waals surface area contributed by atoms with Crippen LogP contribution in [0.3, 0.4) is 0 Å². The van der Waals surface area contributed by atoms with Crippen LogP contribution in [0.4, 0.5) is 0 Å². The minimum Gasteiger partial charge on any atom is -0.242 e. The molecule has 0 bridgehead atoms. The van der Waals surface area contributed by atoms with E-state index < -0.39 is 0 Å². The van der Waals surface area contributed by atoms with Crippen molar-refractivity contribution in [2.24, 2.45) is 0 Å². The predicted molar refractivity (Wildman–Crippen MR) is 85.1 cm³/mol. The van der Waals surface area contributed by atoms with Crippen LogP contribution in [0, 0.1) is 0 Å². The number of nitrogens with zero attached hydrogens (tertiary/aromatic N) is 2. The minimum atomic E-state index is 0.956. The van der Waals surface area contributed by atoms with Crippen LogP contribution in [0.25, 0.3) is 0 Å². The maximum Gasteiger partial charge on any atom is 0.0387 e. The van der Waals surface area contributed by atoms with Gasteiger partial charge in [0.25, 0.3) is 0 Å². The highest BCUT2D eigenvalue weighted by Gasteiger charge is 2.13. The highest BCUT2D eigenvalue weighted by molar-refractivity contribution is 5.16. The van der Waals surface area contributed by atoms with E-state index >= 15 is 0 Å². The first-order valence-electron chi connectivity index (χ1n) is 7.41. The topological polar surface area (TPSA) is 6.48 Å². The fourth-order valence-corrected chi connectivity index (χ4v) is 2.47. The lowest BCUT2D eigenvalue weighted by Crippen LogP contribution is -2.41. The Morgan fingerprint density at radius 3 is 1.35 bits per heavy atom. The Morgan fingerprint density at radius 1 is 0.600 bits per heavy atom. The molecule has 2 aromatic rings. The van der Waals surface area contributed by atoms with E-state index in [0.717, 1.165) is 26.2 Å². The Labute approximate surface area is 122 Å². The molecule has 0 atom stereocenters. The van der Waals surface area contributed by atoms with E-state index in [0.29, 0.717) is 0 Å². The second-order valence-electron chi connectivity index (χ2n) is 4.93. The molecule has 0 unspecified atom stereocenters. The van der Waals surface area contributed by atoms with Gasteiger partial charge in [0.05, 0.1) is 0 Å². The van der Waals surface area contributed by atoms with Gasteiger partial charge in [-0.25, -0.2) is 10.0 Å². The molecule has 20 heavy (non-hydrogen) atoms. The van der Waals surface area contributed by atoms with Crippen LogP contribution < -0.4 is 0 Å². The van der Waals surface area contributed by atoms with Crippen LogP contribution in [-0.4, -0.2) is 23.1 Å². The van der Waals surface area contributed by atoms with Crippen molar-refractivity contribution in [1.82, 2.24) is 10.0 Å².